The smallest absolute Gasteiger partial charge is 0.202 e. The summed E-state index contributed by atoms with van der Waals surface area (Å²) >= 11 is 0. The van der Waals surface area contributed by atoms with Gasteiger partial charge in [0.15, 0.2) is 17.9 Å². The summed E-state index contributed by atoms with van der Waals surface area (Å²) < 4.78 is 17.5. The predicted octanol–water partition coefficient (Wildman–Crippen LogP) is 1.41. The highest BCUT2D eigenvalue weighted by atomic mass is 16.7. The zero-order valence-electron chi connectivity index (χ0n) is 25.5. The highest BCUT2D eigenvalue weighted by molar-refractivity contribution is 6.31. The van der Waals surface area contributed by atoms with Crippen LogP contribution in [0.4, 0.5) is 0 Å². The number of aliphatic imine (C=N–C) groups is 1. The van der Waals surface area contributed by atoms with Crippen molar-refractivity contribution in [1.82, 2.24) is 4.90 Å². The Morgan fingerprint density at radius 1 is 1.13 bits per heavy atom. The van der Waals surface area contributed by atoms with Crippen LogP contribution in [0.1, 0.15) is 82.7 Å². The number of benzene rings is 2. The maximum Gasteiger partial charge on any atom is 0.202 e. The van der Waals surface area contributed by atoms with E-state index in [1.807, 2.05) is 18.7 Å². The van der Waals surface area contributed by atoms with Gasteiger partial charge in [-0.15, -0.1) is 0 Å². The third-order valence-electron chi connectivity index (χ3n) is 8.96. The zero-order chi connectivity index (χ0) is 32.8. The Balaban J connectivity index is 1.61. The number of rotatable bonds is 9. The summed E-state index contributed by atoms with van der Waals surface area (Å²) in [7, 11) is 1.33. The molecule has 2 aliphatic carbocycles. The fraction of sp³-hybridized carbons (Fsp3) is 0.500. The Bertz CT molecular complexity index is 1550. The number of hydrogen-bond donors (Lipinski definition) is 5. The highest BCUT2D eigenvalue weighted by Crippen LogP contribution is 2.52. The molecule has 1 aliphatic heterocycles. The predicted molar refractivity (Wildman–Crippen MR) is 159 cm³/mol. The van der Waals surface area contributed by atoms with Crippen molar-refractivity contribution >= 4 is 23.7 Å². The van der Waals surface area contributed by atoms with Crippen LogP contribution in [0.3, 0.4) is 0 Å². The number of nitrogens with zero attached hydrogens (tertiary/aromatic N) is 2. The third-order valence-corrected chi connectivity index (χ3v) is 8.96. The SMILES string of the molecule is CCN(C=N[C@H]1CC(O[C@H]2CC(O)(C(=O)CO)Cc3c(O)c4c(c(O)c32)C(=O)c2c(OC)cccc2C4=O)OC(C)[C@@H]1O)CC. The summed E-state index contributed by atoms with van der Waals surface area (Å²) in [5.41, 5.74) is -3.62. The van der Waals surface area contributed by atoms with Gasteiger partial charge in [-0.3, -0.25) is 19.4 Å². The van der Waals surface area contributed by atoms with Gasteiger partial charge in [0.1, 0.15) is 35.6 Å². The number of aromatic hydroxyl groups is 2. The first kappa shape index (κ1) is 32.5. The number of fused-ring (bicyclic) bond motifs is 3. The molecule has 0 radical (unpaired) electrons. The number of phenols is 2. The Hall–Kier alpha value is -3.88. The average Bonchev–Trinajstić information content (AvgIpc) is 3.02. The first-order chi connectivity index (χ1) is 21.4. The van der Waals surface area contributed by atoms with Crippen LogP contribution >= 0.6 is 0 Å². The number of methoxy groups -OCH3 is 1. The van der Waals surface area contributed by atoms with Crippen molar-refractivity contribution < 1.29 is 54.1 Å². The monoisotopic (exact) mass is 626 g/mol. The first-order valence-corrected chi connectivity index (χ1v) is 14.9. The molecule has 0 aromatic heterocycles. The molecule has 0 saturated carbocycles. The van der Waals surface area contributed by atoms with Gasteiger partial charge in [-0.2, -0.15) is 0 Å². The van der Waals surface area contributed by atoms with E-state index in [2.05, 4.69) is 4.99 Å². The van der Waals surface area contributed by atoms with E-state index in [0.717, 1.165) is 0 Å². The molecule has 45 heavy (non-hydrogen) atoms. The zero-order valence-corrected chi connectivity index (χ0v) is 25.5. The van der Waals surface area contributed by atoms with Gasteiger partial charge >= 0.3 is 0 Å². The molecule has 6 atom stereocenters. The molecule has 3 aliphatic rings. The van der Waals surface area contributed by atoms with E-state index >= 15 is 0 Å². The highest BCUT2D eigenvalue weighted by Gasteiger charge is 2.50. The lowest BCUT2D eigenvalue weighted by Crippen LogP contribution is -2.50. The van der Waals surface area contributed by atoms with Crippen LogP contribution in [-0.2, 0) is 20.7 Å². The number of ether oxygens (including phenoxy) is 3. The number of hydrogen-bond acceptors (Lipinski definition) is 12. The van der Waals surface area contributed by atoms with E-state index in [9.17, 15) is 39.9 Å². The van der Waals surface area contributed by atoms with Gasteiger partial charge < -0.3 is 44.6 Å². The third kappa shape index (κ3) is 5.48. The van der Waals surface area contributed by atoms with Crippen molar-refractivity contribution in [2.24, 2.45) is 4.99 Å². The Labute approximate surface area is 259 Å². The molecule has 2 aromatic carbocycles. The number of carbonyl (C=O) groups excluding carboxylic acids is 3. The van der Waals surface area contributed by atoms with Gasteiger partial charge in [0, 0.05) is 49.0 Å². The summed E-state index contributed by atoms with van der Waals surface area (Å²) in [4.78, 5) is 46.7. The van der Waals surface area contributed by atoms with Crippen molar-refractivity contribution in [3.8, 4) is 17.2 Å². The summed E-state index contributed by atoms with van der Waals surface area (Å²) in [6.45, 7) is 5.95. The minimum absolute atomic E-state index is 0.0498. The number of aliphatic hydroxyl groups excluding tert-OH is 2. The second-order valence-corrected chi connectivity index (χ2v) is 11.5. The molecule has 0 spiro atoms. The molecule has 1 saturated heterocycles. The number of carbonyl (C=O) groups is 3. The standard InChI is InChI=1S/C32H38N2O11/c1-5-34(6-2)14-33-18-10-22(44-15(3)27(18)37)45-20-12-32(42,21(36)13-35)11-17-24(20)31(41)26-25(29(17)39)28(38)16-8-7-9-19(43-4)23(16)30(26)40/h7-9,14-15,18,20,22,27,35,37,39,41-42H,5-6,10-13H2,1-4H3/t15?,18-,20-,22?,27-,32?/m0/s1. The molecule has 242 valence electrons. The second-order valence-electron chi connectivity index (χ2n) is 11.5. The molecule has 5 N–H and O–H groups in total. The lowest BCUT2D eigenvalue weighted by atomic mass is 9.72. The van der Waals surface area contributed by atoms with Crippen LogP contribution in [0.2, 0.25) is 0 Å². The van der Waals surface area contributed by atoms with Crippen LogP contribution < -0.4 is 4.74 Å². The maximum absolute atomic E-state index is 13.8. The molecule has 3 unspecified atom stereocenters. The molecule has 2 aromatic rings. The van der Waals surface area contributed by atoms with Crippen LogP contribution in [0.5, 0.6) is 17.2 Å². The van der Waals surface area contributed by atoms with Gasteiger partial charge in [0.05, 0.1) is 48.4 Å². The van der Waals surface area contributed by atoms with Gasteiger partial charge in [-0.05, 0) is 26.8 Å². The number of aliphatic hydroxyl groups is 3. The van der Waals surface area contributed by atoms with E-state index in [1.165, 1.54) is 25.3 Å². The van der Waals surface area contributed by atoms with E-state index in [1.54, 1.807) is 13.3 Å². The molecule has 0 amide bonds. The van der Waals surface area contributed by atoms with Crippen LogP contribution in [0.25, 0.3) is 0 Å². The summed E-state index contributed by atoms with van der Waals surface area (Å²) in [5, 5.41) is 55.0. The molecule has 0 bridgehead atoms. The molecular formula is C32H38N2O11. The summed E-state index contributed by atoms with van der Waals surface area (Å²) in [6, 6.07) is 3.75. The number of ketones is 3. The van der Waals surface area contributed by atoms with Crippen LogP contribution in [0, 0.1) is 0 Å². The molecule has 5 rings (SSSR count). The van der Waals surface area contributed by atoms with Crippen LogP contribution in [-0.4, -0.2) is 111 Å². The Morgan fingerprint density at radius 2 is 1.82 bits per heavy atom. The quantitative estimate of drug-likeness (QED) is 0.130. The topological polar surface area (TPSA) is 196 Å². The van der Waals surface area contributed by atoms with Crippen molar-refractivity contribution in [2.75, 3.05) is 26.8 Å². The lowest BCUT2D eigenvalue weighted by Gasteiger charge is -2.42. The Kier molecular flexibility index (Phi) is 9.02. The fourth-order valence-corrected chi connectivity index (χ4v) is 6.41. The van der Waals surface area contributed by atoms with Gasteiger partial charge in [-0.25, -0.2) is 0 Å². The van der Waals surface area contributed by atoms with Gasteiger partial charge in [0.2, 0.25) is 5.78 Å². The Morgan fingerprint density at radius 3 is 2.47 bits per heavy atom. The van der Waals surface area contributed by atoms with E-state index in [-0.39, 0.29) is 34.4 Å². The lowest BCUT2D eigenvalue weighted by molar-refractivity contribution is -0.247. The summed E-state index contributed by atoms with van der Waals surface area (Å²) in [6.07, 6.45) is -3.47. The fourth-order valence-electron chi connectivity index (χ4n) is 6.41. The minimum Gasteiger partial charge on any atom is -0.507 e. The average molecular weight is 627 g/mol. The maximum atomic E-state index is 13.8. The van der Waals surface area contributed by atoms with Crippen molar-refractivity contribution in [2.45, 2.75) is 76.3 Å². The largest absolute Gasteiger partial charge is 0.507 e. The van der Waals surface area contributed by atoms with Gasteiger partial charge in [0.25, 0.3) is 0 Å². The molecule has 1 heterocycles. The van der Waals surface area contributed by atoms with E-state index in [4.69, 9.17) is 14.2 Å². The van der Waals surface area contributed by atoms with Crippen LogP contribution in [0.15, 0.2) is 23.2 Å². The second kappa shape index (κ2) is 12.5. The molecule has 1 fully saturated rings. The van der Waals surface area contributed by atoms with Crippen molar-refractivity contribution in [3.05, 3.63) is 51.6 Å². The van der Waals surface area contributed by atoms with Crippen molar-refractivity contribution in [3.63, 3.8) is 0 Å². The van der Waals surface area contributed by atoms with Crippen molar-refractivity contribution in [1.29, 1.82) is 0 Å². The van der Waals surface area contributed by atoms with E-state index in [0.29, 0.717) is 13.1 Å². The number of phenolic OH excluding ortho intramolecular Hbond substituents is 2. The minimum atomic E-state index is -2.26. The first-order valence-electron chi connectivity index (χ1n) is 14.9. The normalized spacial score (nSPS) is 27.6. The summed E-state index contributed by atoms with van der Waals surface area (Å²) in [5.74, 6) is -3.75. The van der Waals surface area contributed by atoms with E-state index < -0.39 is 95.7 Å². The van der Waals surface area contributed by atoms with Gasteiger partial charge in [-0.1, -0.05) is 12.1 Å². The molecular weight excluding hydrogens is 588 g/mol. The molecule has 13 heteroatoms. The molecule has 13 nitrogen and oxygen atoms in total. The number of Topliss-reactive ketones (excluding diaryl/α,β-unsaturated/α-hetero) is 1.